The molecule has 0 bridgehead atoms. The van der Waals surface area contributed by atoms with Gasteiger partial charge in [-0.25, -0.2) is 8.78 Å². The number of hydrogen-bond donors (Lipinski definition) is 3. The van der Waals surface area contributed by atoms with Crippen LogP contribution in [0.25, 0.3) is 0 Å². The fourth-order valence-corrected chi connectivity index (χ4v) is 4.66. The van der Waals surface area contributed by atoms with Crippen molar-refractivity contribution in [3.63, 3.8) is 0 Å². The second-order valence-corrected chi connectivity index (χ2v) is 8.73. The molecule has 5 unspecified atom stereocenters. The number of carbonyl (C=O) groups excluding carboxylic acids is 1. The Hall–Kier alpha value is -1.57. The third kappa shape index (κ3) is 8.47. The van der Waals surface area contributed by atoms with Gasteiger partial charge in [0.25, 0.3) is 0 Å². The lowest BCUT2D eigenvalue weighted by Gasteiger charge is -2.24. The maximum Gasteiger partial charge on any atom is 0.305 e. The lowest BCUT2D eigenvalue weighted by Crippen LogP contribution is -2.24. The zero-order valence-electron chi connectivity index (χ0n) is 18.3. The molecule has 176 valence electrons. The quantitative estimate of drug-likeness (QED) is 0.319. The SMILES string of the molecule is COC(=O)CCCCCCC1C(O)CC(O)C1CCC(O)CCc1ccc(F)cc1F. The molecule has 5 atom stereocenters. The molecular formula is C24H36F2O5. The number of aryl methyl sites for hydroxylation is 1. The molecule has 1 aliphatic rings. The Kier molecular flexibility index (Phi) is 10.8. The fraction of sp³-hybridized carbons (Fsp3) is 0.708. The number of aliphatic hydroxyl groups is 3. The van der Waals surface area contributed by atoms with Crippen molar-refractivity contribution in [3.05, 3.63) is 35.4 Å². The molecule has 3 N–H and O–H groups in total. The number of esters is 1. The molecule has 0 amide bonds. The van der Waals surface area contributed by atoms with Gasteiger partial charge in [0.2, 0.25) is 0 Å². The molecule has 1 aliphatic carbocycles. The minimum atomic E-state index is -0.645. The van der Waals surface area contributed by atoms with Crippen LogP contribution in [-0.4, -0.2) is 46.7 Å². The molecule has 7 heteroatoms. The maximum absolute atomic E-state index is 13.7. The van der Waals surface area contributed by atoms with Gasteiger partial charge in [-0.1, -0.05) is 25.3 Å². The van der Waals surface area contributed by atoms with Crippen LogP contribution in [0.1, 0.15) is 69.8 Å². The topological polar surface area (TPSA) is 87.0 Å². The Morgan fingerprint density at radius 1 is 1.06 bits per heavy atom. The zero-order chi connectivity index (χ0) is 22.8. The number of benzene rings is 1. The first-order chi connectivity index (χ1) is 14.8. The van der Waals surface area contributed by atoms with Crippen LogP contribution < -0.4 is 0 Å². The van der Waals surface area contributed by atoms with E-state index in [1.54, 1.807) is 0 Å². The average Bonchev–Trinajstić information content (AvgIpc) is 3.00. The van der Waals surface area contributed by atoms with Crippen molar-refractivity contribution < 1.29 is 33.6 Å². The Morgan fingerprint density at radius 2 is 1.74 bits per heavy atom. The van der Waals surface area contributed by atoms with E-state index in [9.17, 15) is 28.9 Å². The smallest absolute Gasteiger partial charge is 0.305 e. The highest BCUT2D eigenvalue weighted by molar-refractivity contribution is 5.68. The van der Waals surface area contributed by atoms with Crippen LogP contribution in [0, 0.1) is 23.5 Å². The Morgan fingerprint density at radius 3 is 2.42 bits per heavy atom. The third-order valence-electron chi connectivity index (χ3n) is 6.51. The van der Waals surface area contributed by atoms with Gasteiger partial charge in [-0.2, -0.15) is 0 Å². The molecular weight excluding hydrogens is 406 g/mol. The summed E-state index contributed by atoms with van der Waals surface area (Å²) in [5.41, 5.74) is 0.377. The molecule has 31 heavy (non-hydrogen) atoms. The number of halogens is 2. The van der Waals surface area contributed by atoms with Crippen molar-refractivity contribution in [2.24, 2.45) is 11.8 Å². The van der Waals surface area contributed by atoms with E-state index >= 15 is 0 Å². The van der Waals surface area contributed by atoms with Gasteiger partial charge in [-0.05, 0) is 68.4 Å². The van der Waals surface area contributed by atoms with Crippen LogP contribution in [0.2, 0.25) is 0 Å². The first-order valence-electron chi connectivity index (χ1n) is 11.4. The molecule has 5 nitrogen and oxygen atoms in total. The number of rotatable bonds is 13. The normalized spacial score (nSPS) is 24.3. The second-order valence-electron chi connectivity index (χ2n) is 8.73. The van der Waals surface area contributed by atoms with Crippen LogP contribution in [0.4, 0.5) is 8.78 Å². The second kappa shape index (κ2) is 13.1. The van der Waals surface area contributed by atoms with E-state index < -0.39 is 29.9 Å². The van der Waals surface area contributed by atoms with Crippen LogP contribution in [0.15, 0.2) is 18.2 Å². The summed E-state index contributed by atoms with van der Waals surface area (Å²) < 4.78 is 31.3. The highest BCUT2D eigenvalue weighted by Gasteiger charge is 2.40. The third-order valence-corrected chi connectivity index (χ3v) is 6.51. The van der Waals surface area contributed by atoms with Gasteiger partial charge >= 0.3 is 5.97 Å². The van der Waals surface area contributed by atoms with E-state index in [0.29, 0.717) is 44.1 Å². The van der Waals surface area contributed by atoms with E-state index in [1.807, 2.05) is 0 Å². The lowest BCUT2D eigenvalue weighted by atomic mass is 9.84. The van der Waals surface area contributed by atoms with Crippen molar-refractivity contribution >= 4 is 5.97 Å². The van der Waals surface area contributed by atoms with Gasteiger partial charge in [0.05, 0.1) is 25.4 Å². The summed E-state index contributed by atoms with van der Waals surface area (Å²) in [6.45, 7) is 0. The number of unbranched alkanes of at least 4 members (excludes halogenated alkanes) is 3. The Bertz CT molecular complexity index is 684. The van der Waals surface area contributed by atoms with E-state index in [2.05, 4.69) is 4.74 Å². The van der Waals surface area contributed by atoms with Gasteiger partial charge in [0.15, 0.2) is 0 Å². The van der Waals surface area contributed by atoms with Crippen molar-refractivity contribution in [3.8, 4) is 0 Å². The number of ether oxygens (including phenoxy) is 1. The molecule has 0 aromatic heterocycles. The lowest BCUT2D eigenvalue weighted by molar-refractivity contribution is -0.140. The first kappa shape index (κ1) is 25.7. The molecule has 1 fully saturated rings. The molecule has 1 aromatic rings. The summed E-state index contributed by atoms with van der Waals surface area (Å²) in [6, 6.07) is 3.45. The van der Waals surface area contributed by atoms with Crippen molar-refractivity contribution in [1.29, 1.82) is 0 Å². The monoisotopic (exact) mass is 442 g/mol. The van der Waals surface area contributed by atoms with E-state index in [4.69, 9.17) is 0 Å². The number of aliphatic hydroxyl groups excluding tert-OH is 3. The zero-order valence-corrected chi connectivity index (χ0v) is 18.3. The summed E-state index contributed by atoms with van der Waals surface area (Å²) >= 11 is 0. The summed E-state index contributed by atoms with van der Waals surface area (Å²) in [5, 5.41) is 31.0. The summed E-state index contributed by atoms with van der Waals surface area (Å²) in [7, 11) is 1.38. The molecule has 1 saturated carbocycles. The average molecular weight is 443 g/mol. The van der Waals surface area contributed by atoms with E-state index in [1.165, 1.54) is 19.2 Å². The summed E-state index contributed by atoms with van der Waals surface area (Å²) in [5.74, 6) is -1.49. The predicted molar refractivity (Wildman–Crippen MR) is 113 cm³/mol. The predicted octanol–water partition coefficient (Wildman–Crippen LogP) is 3.91. The van der Waals surface area contributed by atoms with Gasteiger partial charge in [0, 0.05) is 12.5 Å². The molecule has 2 rings (SSSR count). The molecule has 0 heterocycles. The maximum atomic E-state index is 13.7. The van der Waals surface area contributed by atoms with E-state index in [-0.39, 0.29) is 17.8 Å². The molecule has 0 aliphatic heterocycles. The number of carbonyl (C=O) groups is 1. The highest BCUT2D eigenvalue weighted by Crippen LogP contribution is 2.39. The van der Waals surface area contributed by atoms with E-state index in [0.717, 1.165) is 38.2 Å². The largest absolute Gasteiger partial charge is 0.469 e. The highest BCUT2D eigenvalue weighted by atomic mass is 19.1. The van der Waals surface area contributed by atoms with Crippen LogP contribution in [0.5, 0.6) is 0 Å². The summed E-state index contributed by atoms with van der Waals surface area (Å²) in [4.78, 5) is 11.1. The van der Waals surface area contributed by atoms with Gasteiger partial charge in [0.1, 0.15) is 11.6 Å². The van der Waals surface area contributed by atoms with Gasteiger partial charge < -0.3 is 20.1 Å². The number of methoxy groups -OCH3 is 1. The van der Waals surface area contributed by atoms with Crippen molar-refractivity contribution in [2.75, 3.05) is 7.11 Å². The minimum absolute atomic E-state index is 0.00245. The number of hydrogen-bond acceptors (Lipinski definition) is 5. The van der Waals surface area contributed by atoms with Gasteiger partial charge in [-0.15, -0.1) is 0 Å². The minimum Gasteiger partial charge on any atom is -0.469 e. The molecule has 0 saturated heterocycles. The Balaban J connectivity index is 1.71. The standard InChI is InChI=1S/C24H36F2O5/c1-31-24(30)7-5-3-2-4-6-19-20(23(29)15-22(19)28)13-12-18(27)11-9-16-8-10-17(25)14-21(16)26/h8,10,14,18-20,22-23,27-29H,2-7,9,11-13,15H2,1H3. The molecule has 0 spiro atoms. The molecule has 1 aromatic carbocycles. The fourth-order valence-electron chi connectivity index (χ4n) is 4.66. The molecule has 0 radical (unpaired) electrons. The summed E-state index contributed by atoms with van der Waals surface area (Å²) in [6.07, 6.45) is 5.12. The van der Waals surface area contributed by atoms with Crippen LogP contribution >= 0.6 is 0 Å². The van der Waals surface area contributed by atoms with Gasteiger partial charge in [-0.3, -0.25) is 4.79 Å². The van der Waals surface area contributed by atoms with Crippen molar-refractivity contribution in [2.45, 2.75) is 88.9 Å². The van der Waals surface area contributed by atoms with Crippen molar-refractivity contribution in [1.82, 2.24) is 0 Å². The first-order valence-corrected chi connectivity index (χ1v) is 11.4. The van der Waals surface area contributed by atoms with Crippen LogP contribution in [-0.2, 0) is 16.0 Å². The Labute approximate surface area is 183 Å². The van der Waals surface area contributed by atoms with Crippen LogP contribution in [0.3, 0.4) is 0 Å².